The van der Waals surface area contributed by atoms with Crippen molar-refractivity contribution in [2.24, 2.45) is 0 Å². The highest BCUT2D eigenvalue weighted by molar-refractivity contribution is 5.87. The summed E-state index contributed by atoms with van der Waals surface area (Å²) >= 11 is 0. The first-order valence-electron chi connectivity index (χ1n) is 4.71. The van der Waals surface area contributed by atoms with E-state index in [1.54, 1.807) is 12.3 Å². The van der Waals surface area contributed by atoms with E-state index >= 15 is 0 Å². The van der Waals surface area contributed by atoms with Crippen LogP contribution in [0.25, 0.3) is 0 Å². The quantitative estimate of drug-likeness (QED) is 0.559. The molecule has 1 rings (SSSR count). The Hall–Kier alpha value is -1.58. The molecule has 0 aliphatic rings. The summed E-state index contributed by atoms with van der Waals surface area (Å²) in [5.41, 5.74) is 0. The van der Waals surface area contributed by atoms with Crippen LogP contribution in [-0.2, 0) is 11.3 Å². The van der Waals surface area contributed by atoms with Gasteiger partial charge in [0.2, 0.25) is 5.91 Å². The minimum absolute atomic E-state index is 0.0343. The van der Waals surface area contributed by atoms with Gasteiger partial charge in [-0.15, -0.1) is 0 Å². The Kier molecular flexibility index (Phi) is 4.47. The number of amides is 1. The Morgan fingerprint density at radius 3 is 3.14 bits per heavy atom. The number of aromatic nitrogens is 2. The van der Waals surface area contributed by atoms with E-state index in [0.717, 1.165) is 13.0 Å². The lowest BCUT2D eigenvalue weighted by molar-refractivity contribution is -0.116. The van der Waals surface area contributed by atoms with Crippen LogP contribution in [0, 0.1) is 0 Å². The molecule has 1 amide bonds. The van der Waals surface area contributed by atoms with Crippen LogP contribution in [0.2, 0.25) is 0 Å². The first-order chi connectivity index (χ1) is 6.83. The van der Waals surface area contributed by atoms with Crippen LogP contribution < -0.4 is 5.32 Å². The van der Waals surface area contributed by atoms with Crippen LogP contribution in [0.5, 0.6) is 0 Å². The zero-order valence-electron chi connectivity index (χ0n) is 8.31. The minimum atomic E-state index is -0.0343. The largest absolute Gasteiger partial charge is 0.352 e. The molecule has 0 saturated heterocycles. The average molecular weight is 193 g/mol. The van der Waals surface area contributed by atoms with Crippen molar-refractivity contribution in [3.8, 4) is 0 Å². The van der Waals surface area contributed by atoms with Crippen molar-refractivity contribution in [3.63, 3.8) is 0 Å². The van der Waals surface area contributed by atoms with Crippen molar-refractivity contribution in [1.29, 1.82) is 0 Å². The molecular weight excluding hydrogens is 178 g/mol. The Balaban J connectivity index is 2.08. The molecule has 0 saturated carbocycles. The number of aryl methyl sites for hydroxylation is 1. The summed E-state index contributed by atoms with van der Waals surface area (Å²) in [5.74, 6) is -0.0343. The summed E-state index contributed by atoms with van der Waals surface area (Å²) in [6, 6.07) is 1.89. The summed E-state index contributed by atoms with van der Waals surface area (Å²) in [4.78, 5) is 11.0. The van der Waals surface area contributed by atoms with Gasteiger partial charge in [-0.3, -0.25) is 9.48 Å². The van der Waals surface area contributed by atoms with E-state index in [1.807, 2.05) is 23.9 Å². The van der Waals surface area contributed by atoms with Crippen molar-refractivity contribution in [2.45, 2.75) is 19.9 Å². The Bertz CT molecular complexity index is 290. The molecule has 14 heavy (non-hydrogen) atoms. The number of allylic oxidation sites excluding steroid dienone is 1. The van der Waals surface area contributed by atoms with Crippen LogP contribution in [0.1, 0.15) is 13.3 Å². The maximum Gasteiger partial charge on any atom is 0.243 e. The number of nitrogens with zero attached hydrogens (tertiary/aromatic N) is 2. The summed E-state index contributed by atoms with van der Waals surface area (Å²) in [6.07, 6.45) is 7.80. The van der Waals surface area contributed by atoms with Gasteiger partial charge in [0.25, 0.3) is 0 Å². The molecule has 76 valence electrons. The monoisotopic (exact) mass is 193 g/mol. The van der Waals surface area contributed by atoms with Crippen LogP contribution >= 0.6 is 0 Å². The van der Waals surface area contributed by atoms with Gasteiger partial charge in [0.05, 0.1) is 0 Å². The lowest BCUT2D eigenvalue weighted by Crippen LogP contribution is -2.23. The predicted molar refractivity (Wildman–Crippen MR) is 54.7 cm³/mol. The van der Waals surface area contributed by atoms with E-state index < -0.39 is 0 Å². The maximum atomic E-state index is 11.0. The SMILES string of the molecule is C/C=C/C(=O)NCCCn1cccn1. The Morgan fingerprint density at radius 1 is 1.64 bits per heavy atom. The number of rotatable bonds is 5. The van der Waals surface area contributed by atoms with E-state index in [-0.39, 0.29) is 5.91 Å². The fourth-order valence-corrected chi connectivity index (χ4v) is 1.10. The molecule has 0 bridgehead atoms. The molecule has 0 aliphatic heterocycles. The van der Waals surface area contributed by atoms with Gasteiger partial charge in [-0.25, -0.2) is 0 Å². The topological polar surface area (TPSA) is 46.9 Å². The highest BCUT2D eigenvalue weighted by Crippen LogP contribution is 1.87. The molecule has 0 radical (unpaired) electrons. The minimum Gasteiger partial charge on any atom is -0.352 e. The molecule has 1 aromatic heterocycles. The van der Waals surface area contributed by atoms with Crippen LogP contribution in [-0.4, -0.2) is 22.2 Å². The van der Waals surface area contributed by atoms with E-state index in [9.17, 15) is 4.79 Å². The van der Waals surface area contributed by atoms with Gasteiger partial charge in [-0.2, -0.15) is 5.10 Å². The normalized spacial score (nSPS) is 10.6. The zero-order chi connectivity index (χ0) is 10.2. The summed E-state index contributed by atoms with van der Waals surface area (Å²) in [7, 11) is 0. The van der Waals surface area contributed by atoms with Crippen LogP contribution in [0.3, 0.4) is 0 Å². The maximum absolute atomic E-state index is 11.0. The molecule has 0 spiro atoms. The molecular formula is C10H15N3O. The second kappa shape index (κ2) is 5.96. The highest BCUT2D eigenvalue weighted by atomic mass is 16.1. The van der Waals surface area contributed by atoms with Gasteiger partial charge >= 0.3 is 0 Å². The van der Waals surface area contributed by atoms with Crippen molar-refractivity contribution in [1.82, 2.24) is 15.1 Å². The standard InChI is InChI=1S/C10H15N3O/c1-2-5-10(14)11-6-3-8-13-9-4-7-12-13/h2,4-5,7,9H,3,6,8H2,1H3,(H,11,14)/b5-2+. The third-order valence-corrected chi connectivity index (χ3v) is 1.74. The van der Waals surface area contributed by atoms with Gasteiger partial charge < -0.3 is 5.32 Å². The molecule has 1 aromatic rings. The fraction of sp³-hybridized carbons (Fsp3) is 0.400. The molecule has 4 nitrogen and oxygen atoms in total. The predicted octanol–water partition coefficient (Wildman–Crippen LogP) is 0.966. The summed E-state index contributed by atoms with van der Waals surface area (Å²) < 4.78 is 1.85. The molecule has 0 fully saturated rings. The molecule has 0 unspecified atom stereocenters. The van der Waals surface area contributed by atoms with Gasteiger partial charge in [0, 0.05) is 25.5 Å². The van der Waals surface area contributed by atoms with Gasteiger partial charge in [0.15, 0.2) is 0 Å². The van der Waals surface area contributed by atoms with E-state index in [2.05, 4.69) is 10.4 Å². The van der Waals surface area contributed by atoms with E-state index in [0.29, 0.717) is 6.54 Å². The summed E-state index contributed by atoms with van der Waals surface area (Å²) in [5, 5.41) is 6.84. The van der Waals surface area contributed by atoms with Gasteiger partial charge in [-0.1, -0.05) is 6.08 Å². The number of carbonyl (C=O) groups is 1. The number of carbonyl (C=O) groups excluding carboxylic acids is 1. The first kappa shape index (κ1) is 10.5. The first-order valence-corrected chi connectivity index (χ1v) is 4.71. The van der Waals surface area contributed by atoms with E-state index in [1.165, 1.54) is 6.08 Å². The number of nitrogens with one attached hydrogen (secondary N) is 1. The van der Waals surface area contributed by atoms with Gasteiger partial charge in [-0.05, 0) is 25.5 Å². The van der Waals surface area contributed by atoms with Crippen molar-refractivity contribution in [2.75, 3.05) is 6.54 Å². The van der Waals surface area contributed by atoms with Crippen molar-refractivity contribution in [3.05, 3.63) is 30.6 Å². The number of hydrogen-bond donors (Lipinski definition) is 1. The molecule has 4 heteroatoms. The lowest BCUT2D eigenvalue weighted by atomic mass is 10.4. The zero-order valence-corrected chi connectivity index (χ0v) is 8.31. The highest BCUT2D eigenvalue weighted by Gasteiger charge is 1.94. The van der Waals surface area contributed by atoms with Crippen LogP contribution in [0.15, 0.2) is 30.6 Å². The van der Waals surface area contributed by atoms with Crippen molar-refractivity contribution < 1.29 is 4.79 Å². The second-order valence-corrected chi connectivity index (χ2v) is 2.91. The molecule has 1 heterocycles. The third kappa shape index (κ3) is 3.89. The van der Waals surface area contributed by atoms with E-state index in [4.69, 9.17) is 0 Å². The fourth-order valence-electron chi connectivity index (χ4n) is 1.10. The second-order valence-electron chi connectivity index (χ2n) is 2.91. The van der Waals surface area contributed by atoms with Gasteiger partial charge in [0.1, 0.15) is 0 Å². The molecule has 0 aliphatic carbocycles. The van der Waals surface area contributed by atoms with Crippen LogP contribution in [0.4, 0.5) is 0 Å². The average Bonchev–Trinajstić information content (AvgIpc) is 2.65. The summed E-state index contributed by atoms with van der Waals surface area (Å²) in [6.45, 7) is 3.34. The number of hydrogen-bond acceptors (Lipinski definition) is 2. The Labute approximate surface area is 83.6 Å². The van der Waals surface area contributed by atoms with Crippen molar-refractivity contribution >= 4 is 5.91 Å². The molecule has 0 atom stereocenters. The molecule has 0 aromatic carbocycles. The Morgan fingerprint density at radius 2 is 2.50 bits per heavy atom. The molecule has 1 N–H and O–H groups in total. The third-order valence-electron chi connectivity index (χ3n) is 1.74. The lowest BCUT2D eigenvalue weighted by Gasteiger charge is -2.02. The smallest absolute Gasteiger partial charge is 0.243 e.